The molecule has 0 radical (unpaired) electrons. The molecule has 1 heterocycles. The first-order valence-corrected chi connectivity index (χ1v) is 8.14. The molecule has 0 N–H and O–H groups in total. The van der Waals surface area contributed by atoms with Crippen LogP contribution in [0.25, 0.3) is 11.4 Å². The molecule has 0 aliphatic carbocycles. The maximum absolute atomic E-state index is 12.2. The standard InChI is InChI=1S/C19H15F3N2O4/c1-11-3-8-15(12(2)9-11)18(25)26-10-16-23-17(24-28-16)13-4-6-14(7-5-13)27-19(20,21)22/h3-9H,10H2,1-2H3. The number of rotatable bonds is 5. The highest BCUT2D eigenvalue weighted by Gasteiger charge is 2.31. The number of hydrogen-bond acceptors (Lipinski definition) is 6. The third-order valence-corrected chi connectivity index (χ3v) is 3.74. The topological polar surface area (TPSA) is 74.5 Å². The first-order chi connectivity index (χ1) is 13.2. The van der Waals surface area contributed by atoms with Crippen molar-refractivity contribution >= 4 is 5.97 Å². The fraction of sp³-hybridized carbons (Fsp3) is 0.211. The quantitative estimate of drug-likeness (QED) is 0.591. The molecular formula is C19H15F3N2O4. The fourth-order valence-corrected chi connectivity index (χ4v) is 2.48. The molecule has 0 saturated carbocycles. The van der Waals surface area contributed by atoms with E-state index in [-0.39, 0.29) is 24.1 Å². The summed E-state index contributed by atoms with van der Waals surface area (Å²) in [6.07, 6.45) is -4.76. The second-order valence-corrected chi connectivity index (χ2v) is 5.98. The third-order valence-electron chi connectivity index (χ3n) is 3.74. The Balaban J connectivity index is 1.63. The number of ether oxygens (including phenoxy) is 2. The van der Waals surface area contributed by atoms with Crippen molar-refractivity contribution < 1.29 is 32.0 Å². The van der Waals surface area contributed by atoms with Gasteiger partial charge in [-0.1, -0.05) is 22.9 Å². The fourth-order valence-electron chi connectivity index (χ4n) is 2.48. The zero-order chi connectivity index (χ0) is 20.3. The molecule has 3 rings (SSSR count). The molecule has 0 amide bonds. The second kappa shape index (κ2) is 7.71. The minimum atomic E-state index is -4.76. The van der Waals surface area contributed by atoms with Gasteiger partial charge < -0.3 is 14.0 Å². The molecule has 2 aromatic carbocycles. The summed E-state index contributed by atoms with van der Waals surface area (Å²) in [6.45, 7) is 3.50. The lowest BCUT2D eigenvalue weighted by molar-refractivity contribution is -0.274. The van der Waals surface area contributed by atoms with E-state index in [1.165, 1.54) is 12.1 Å². The van der Waals surface area contributed by atoms with Crippen LogP contribution in [0.5, 0.6) is 5.75 Å². The van der Waals surface area contributed by atoms with Crippen molar-refractivity contribution in [3.8, 4) is 17.1 Å². The predicted molar refractivity (Wildman–Crippen MR) is 91.5 cm³/mol. The number of halogens is 3. The first kappa shape index (κ1) is 19.4. The summed E-state index contributed by atoms with van der Waals surface area (Å²) in [5.41, 5.74) is 2.68. The molecule has 28 heavy (non-hydrogen) atoms. The summed E-state index contributed by atoms with van der Waals surface area (Å²) in [5.74, 6) is -0.673. The Morgan fingerprint density at radius 3 is 2.46 bits per heavy atom. The van der Waals surface area contributed by atoms with Crippen LogP contribution in [0.3, 0.4) is 0 Å². The summed E-state index contributed by atoms with van der Waals surface area (Å²) < 4.78 is 50.5. The molecule has 146 valence electrons. The van der Waals surface area contributed by atoms with Gasteiger partial charge in [0, 0.05) is 5.56 Å². The number of carbonyl (C=O) groups is 1. The zero-order valence-electron chi connectivity index (χ0n) is 14.9. The van der Waals surface area contributed by atoms with Crippen molar-refractivity contribution in [2.75, 3.05) is 0 Å². The number of nitrogens with zero attached hydrogens (tertiary/aromatic N) is 2. The van der Waals surface area contributed by atoms with Crippen molar-refractivity contribution in [1.82, 2.24) is 10.1 Å². The number of benzene rings is 2. The predicted octanol–water partition coefficient (Wildman–Crippen LogP) is 4.61. The molecule has 3 aromatic rings. The summed E-state index contributed by atoms with van der Waals surface area (Å²) in [5, 5.41) is 3.73. The van der Waals surface area contributed by atoms with Crippen LogP contribution in [-0.2, 0) is 11.3 Å². The Morgan fingerprint density at radius 1 is 1.11 bits per heavy atom. The molecule has 0 fully saturated rings. The largest absolute Gasteiger partial charge is 0.573 e. The molecule has 0 saturated heterocycles. The van der Waals surface area contributed by atoms with E-state index in [0.717, 1.165) is 23.3 Å². The number of esters is 1. The van der Waals surface area contributed by atoms with Crippen LogP contribution in [0, 0.1) is 13.8 Å². The van der Waals surface area contributed by atoms with Gasteiger partial charge in [0.05, 0.1) is 5.56 Å². The van der Waals surface area contributed by atoms with Crippen LogP contribution in [0.4, 0.5) is 13.2 Å². The highest BCUT2D eigenvalue weighted by atomic mass is 19.4. The van der Waals surface area contributed by atoms with Crippen LogP contribution in [0.1, 0.15) is 27.4 Å². The summed E-state index contributed by atoms with van der Waals surface area (Å²) in [4.78, 5) is 16.2. The molecule has 0 spiro atoms. The van der Waals surface area contributed by atoms with E-state index in [0.29, 0.717) is 11.1 Å². The van der Waals surface area contributed by atoms with Gasteiger partial charge in [0.15, 0.2) is 6.61 Å². The van der Waals surface area contributed by atoms with Gasteiger partial charge in [-0.3, -0.25) is 0 Å². The molecule has 0 aliphatic heterocycles. The molecular weight excluding hydrogens is 377 g/mol. The Kier molecular flexibility index (Phi) is 5.34. The molecule has 0 unspecified atom stereocenters. The minimum absolute atomic E-state index is 0.0590. The van der Waals surface area contributed by atoms with Crippen LogP contribution in [0.15, 0.2) is 47.0 Å². The number of alkyl halides is 3. The zero-order valence-corrected chi connectivity index (χ0v) is 14.9. The smallest absolute Gasteiger partial charge is 0.452 e. The van der Waals surface area contributed by atoms with Crippen LogP contribution >= 0.6 is 0 Å². The molecule has 0 aliphatic rings. The van der Waals surface area contributed by atoms with Crippen LogP contribution < -0.4 is 4.74 Å². The van der Waals surface area contributed by atoms with Crippen LogP contribution in [0.2, 0.25) is 0 Å². The summed E-state index contributed by atoms with van der Waals surface area (Å²) in [7, 11) is 0. The molecule has 6 nitrogen and oxygen atoms in total. The van der Waals surface area contributed by atoms with Crippen molar-refractivity contribution in [3.05, 3.63) is 65.0 Å². The van der Waals surface area contributed by atoms with Gasteiger partial charge in [-0.15, -0.1) is 13.2 Å². The Morgan fingerprint density at radius 2 is 1.82 bits per heavy atom. The minimum Gasteiger partial charge on any atom is -0.452 e. The van der Waals surface area contributed by atoms with Crippen molar-refractivity contribution in [1.29, 1.82) is 0 Å². The van der Waals surface area contributed by atoms with Gasteiger partial charge in [0.25, 0.3) is 5.89 Å². The van der Waals surface area contributed by atoms with Crippen molar-refractivity contribution in [3.63, 3.8) is 0 Å². The van der Waals surface area contributed by atoms with E-state index in [1.807, 2.05) is 13.0 Å². The SMILES string of the molecule is Cc1ccc(C(=O)OCc2nc(-c3ccc(OC(F)(F)F)cc3)no2)c(C)c1. The average molecular weight is 392 g/mol. The summed E-state index contributed by atoms with van der Waals surface area (Å²) >= 11 is 0. The van der Waals surface area contributed by atoms with Gasteiger partial charge >= 0.3 is 12.3 Å². The van der Waals surface area contributed by atoms with Crippen LogP contribution in [-0.4, -0.2) is 22.5 Å². The van der Waals surface area contributed by atoms with E-state index in [1.54, 1.807) is 19.1 Å². The maximum atomic E-state index is 12.2. The molecule has 9 heteroatoms. The van der Waals surface area contributed by atoms with Gasteiger partial charge in [-0.05, 0) is 49.7 Å². The van der Waals surface area contributed by atoms with Gasteiger partial charge in [0.2, 0.25) is 5.82 Å². The summed E-state index contributed by atoms with van der Waals surface area (Å²) in [6, 6.07) is 10.3. The monoisotopic (exact) mass is 392 g/mol. The van der Waals surface area contributed by atoms with E-state index in [9.17, 15) is 18.0 Å². The second-order valence-electron chi connectivity index (χ2n) is 5.98. The Bertz CT molecular complexity index is 982. The van der Waals surface area contributed by atoms with Gasteiger partial charge in [-0.25, -0.2) is 4.79 Å². The van der Waals surface area contributed by atoms with Gasteiger partial charge in [0.1, 0.15) is 5.75 Å². The van der Waals surface area contributed by atoms with Crippen molar-refractivity contribution in [2.45, 2.75) is 26.8 Å². The highest BCUT2D eigenvalue weighted by molar-refractivity contribution is 5.91. The number of carbonyl (C=O) groups excluding carboxylic acids is 1. The lowest BCUT2D eigenvalue weighted by Gasteiger charge is -2.08. The lowest BCUT2D eigenvalue weighted by atomic mass is 10.1. The highest BCUT2D eigenvalue weighted by Crippen LogP contribution is 2.25. The molecule has 0 bridgehead atoms. The maximum Gasteiger partial charge on any atom is 0.573 e. The van der Waals surface area contributed by atoms with E-state index in [4.69, 9.17) is 9.26 Å². The number of hydrogen-bond donors (Lipinski definition) is 0. The Hall–Kier alpha value is -3.36. The van der Waals surface area contributed by atoms with E-state index >= 15 is 0 Å². The Labute approximate surface area is 157 Å². The lowest BCUT2D eigenvalue weighted by Crippen LogP contribution is -2.16. The average Bonchev–Trinajstić information content (AvgIpc) is 3.08. The number of aromatic nitrogens is 2. The number of aryl methyl sites for hydroxylation is 2. The third kappa shape index (κ3) is 4.87. The van der Waals surface area contributed by atoms with E-state index < -0.39 is 12.3 Å². The molecule has 1 aromatic heterocycles. The normalized spacial score (nSPS) is 11.3. The van der Waals surface area contributed by atoms with Crippen molar-refractivity contribution in [2.24, 2.45) is 0 Å². The van der Waals surface area contributed by atoms with Gasteiger partial charge in [-0.2, -0.15) is 4.98 Å². The molecule has 0 atom stereocenters. The first-order valence-electron chi connectivity index (χ1n) is 8.14. The van der Waals surface area contributed by atoms with E-state index in [2.05, 4.69) is 14.9 Å².